The normalized spacial score (nSPS) is 24.7. The second kappa shape index (κ2) is 7.66. The van der Waals surface area contributed by atoms with Crippen LogP contribution >= 0.6 is 0 Å². The first-order chi connectivity index (χ1) is 11.5. The minimum absolute atomic E-state index is 0.716. The minimum atomic E-state index is 0.716. The van der Waals surface area contributed by atoms with Crippen molar-refractivity contribution in [3.63, 3.8) is 0 Å². The van der Waals surface area contributed by atoms with Gasteiger partial charge in [0.2, 0.25) is 0 Å². The summed E-state index contributed by atoms with van der Waals surface area (Å²) in [5, 5.41) is 0. The van der Waals surface area contributed by atoms with Crippen molar-refractivity contribution in [1.82, 2.24) is 14.8 Å². The number of hydrogen-bond donors (Lipinski definition) is 0. The van der Waals surface area contributed by atoms with E-state index in [-0.39, 0.29) is 0 Å². The second-order valence-corrected chi connectivity index (χ2v) is 7.95. The zero-order valence-corrected chi connectivity index (χ0v) is 15.7. The van der Waals surface area contributed by atoms with Gasteiger partial charge < -0.3 is 4.90 Å². The fourth-order valence-corrected chi connectivity index (χ4v) is 3.96. The highest BCUT2D eigenvalue weighted by atomic mass is 15.3. The smallest absolute Gasteiger partial charge is 0.127 e. The average Bonchev–Trinajstić information content (AvgIpc) is 2.83. The van der Waals surface area contributed by atoms with E-state index < -0.39 is 0 Å². The van der Waals surface area contributed by atoms with Crippen molar-refractivity contribution in [2.45, 2.75) is 39.3 Å². The molecule has 24 heavy (non-hydrogen) atoms. The summed E-state index contributed by atoms with van der Waals surface area (Å²) in [7, 11) is 4.07. The minimum Gasteiger partial charge on any atom is -0.363 e. The summed E-state index contributed by atoms with van der Waals surface area (Å²) in [5.41, 5.74) is 2.76. The van der Waals surface area contributed by atoms with Crippen LogP contribution in [0.5, 0.6) is 0 Å². The third-order valence-corrected chi connectivity index (χ3v) is 5.31. The Balaban J connectivity index is 1.63. The lowest BCUT2D eigenvalue weighted by atomic mass is 9.95. The summed E-state index contributed by atoms with van der Waals surface area (Å²) in [6.07, 6.45) is 7.18. The van der Waals surface area contributed by atoms with Gasteiger partial charge in [-0.3, -0.25) is 9.80 Å². The standard InChI is InChI=1S/C20H32N4/c1-16(2)9-10-24-14-18-5-7-19(24)15-23(13-18)12-17-6-8-20(21-11-17)22(3)4/h6,8-9,11,18-19H,5,7,10,12-15H2,1-4H3/t18-,19+/m0/s1. The molecule has 4 nitrogen and oxygen atoms in total. The molecule has 0 saturated carbocycles. The van der Waals surface area contributed by atoms with Crippen LogP contribution in [0.15, 0.2) is 30.0 Å². The molecule has 4 heterocycles. The second-order valence-electron chi connectivity index (χ2n) is 7.95. The largest absolute Gasteiger partial charge is 0.363 e. The van der Waals surface area contributed by atoms with Crippen LogP contribution in [0.1, 0.15) is 32.3 Å². The fourth-order valence-electron chi connectivity index (χ4n) is 3.96. The van der Waals surface area contributed by atoms with Crippen molar-refractivity contribution < 1.29 is 0 Å². The van der Waals surface area contributed by atoms with E-state index in [1.807, 2.05) is 20.3 Å². The molecule has 4 rings (SSSR count). The molecule has 0 N–H and O–H groups in total. The number of anilines is 1. The van der Waals surface area contributed by atoms with Crippen molar-refractivity contribution >= 4 is 5.82 Å². The average molecular weight is 329 g/mol. The Morgan fingerprint density at radius 1 is 1.21 bits per heavy atom. The number of pyridine rings is 1. The molecular weight excluding hydrogens is 296 g/mol. The molecule has 3 aliphatic rings. The van der Waals surface area contributed by atoms with Gasteiger partial charge in [-0.15, -0.1) is 0 Å². The van der Waals surface area contributed by atoms with Gasteiger partial charge in [-0.2, -0.15) is 0 Å². The SMILES string of the molecule is CC(C)=CCN1C[C@H]2CC[C@@H]1CN(Cc1ccc(N(C)C)nc1)C2. The van der Waals surface area contributed by atoms with Gasteiger partial charge in [0.05, 0.1) is 0 Å². The number of allylic oxidation sites excluding steroid dienone is 1. The van der Waals surface area contributed by atoms with Crippen LogP contribution < -0.4 is 4.90 Å². The van der Waals surface area contributed by atoms with Crippen LogP contribution in [-0.2, 0) is 6.54 Å². The van der Waals surface area contributed by atoms with Gasteiger partial charge in [0.1, 0.15) is 5.82 Å². The van der Waals surface area contributed by atoms with Gasteiger partial charge in [0.25, 0.3) is 0 Å². The van der Waals surface area contributed by atoms with E-state index >= 15 is 0 Å². The predicted octanol–water partition coefficient (Wildman–Crippen LogP) is 3.01. The van der Waals surface area contributed by atoms with Crippen LogP contribution in [0, 0.1) is 5.92 Å². The first kappa shape index (κ1) is 17.4. The highest BCUT2D eigenvalue weighted by molar-refractivity contribution is 5.37. The molecule has 2 atom stereocenters. The van der Waals surface area contributed by atoms with Gasteiger partial charge in [-0.25, -0.2) is 4.98 Å². The highest BCUT2D eigenvalue weighted by Gasteiger charge is 2.34. The molecule has 0 amide bonds. The van der Waals surface area contributed by atoms with Crippen LogP contribution in [0.2, 0.25) is 0 Å². The number of nitrogens with zero attached hydrogens (tertiary/aromatic N) is 4. The lowest BCUT2D eigenvalue weighted by Crippen LogP contribution is -2.43. The van der Waals surface area contributed by atoms with Crippen molar-refractivity contribution in [2.75, 3.05) is 45.2 Å². The Morgan fingerprint density at radius 3 is 2.71 bits per heavy atom. The number of fused-ring (bicyclic) bond motifs is 4. The monoisotopic (exact) mass is 328 g/mol. The van der Waals surface area contributed by atoms with E-state index in [1.165, 1.54) is 43.6 Å². The molecular formula is C20H32N4. The summed E-state index contributed by atoms with van der Waals surface area (Å²) < 4.78 is 0. The Kier molecular flexibility index (Phi) is 5.57. The van der Waals surface area contributed by atoms with Crippen molar-refractivity contribution in [3.05, 3.63) is 35.5 Å². The van der Waals surface area contributed by atoms with Crippen LogP contribution in [0.4, 0.5) is 5.82 Å². The Morgan fingerprint density at radius 2 is 2.04 bits per heavy atom. The maximum absolute atomic E-state index is 4.57. The van der Waals surface area contributed by atoms with E-state index in [9.17, 15) is 0 Å². The Hall–Kier alpha value is -1.39. The summed E-state index contributed by atoms with van der Waals surface area (Å²) in [6, 6.07) is 5.08. The molecule has 0 aliphatic carbocycles. The molecule has 4 heteroatoms. The number of rotatable bonds is 5. The summed E-state index contributed by atoms with van der Waals surface area (Å²) >= 11 is 0. The van der Waals surface area contributed by atoms with E-state index in [0.29, 0.717) is 6.04 Å². The lowest BCUT2D eigenvalue weighted by molar-refractivity contribution is 0.146. The van der Waals surface area contributed by atoms with Crippen molar-refractivity contribution in [3.8, 4) is 0 Å². The Labute approximate surface area is 147 Å². The highest BCUT2D eigenvalue weighted by Crippen LogP contribution is 2.28. The number of hydrogen-bond acceptors (Lipinski definition) is 4. The molecule has 3 fully saturated rings. The molecule has 0 spiro atoms. The first-order valence-corrected chi connectivity index (χ1v) is 9.23. The van der Waals surface area contributed by atoms with Crippen LogP contribution in [-0.4, -0.2) is 61.1 Å². The van der Waals surface area contributed by atoms with Crippen molar-refractivity contribution in [2.24, 2.45) is 5.92 Å². The molecule has 0 radical (unpaired) electrons. The summed E-state index contributed by atoms with van der Waals surface area (Å²) in [4.78, 5) is 12.0. The quantitative estimate of drug-likeness (QED) is 0.775. The third-order valence-electron chi connectivity index (χ3n) is 5.31. The van der Waals surface area contributed by atoms with E-state index in [4.69, 9.17) is 0 Å². The predicted molar refractivity (Wildman–Crippen MR) is 101 cm³/mol. The maximum atomic E-state index is 4.57. The Bertz CT molecular complexity index is 560. The van der Waals surface area contributed by atoms with E-state index in [0.717, 1.165) is 24.8 Å². The topological polar surface area (TPSA) is 22.6 Å². The van der Waals surface area contributed by atoms with E-state index in [1.54, 1.807) is 0 Å². The molecule has 3 aliphatic heterocycles. The third kappa shape index (κ3) is 4.37. The number of aromatic nitrogens is 1. The van der Waals surface area contributed by atoms with Gasteiger partial charge in [0.15, 0.2) is 0 Å². The van der Waals surface area contributed by atoms with Gasteiger partial charge >= 0.3 is 0 Å². The van der Waals surface area contributed by atoms with Gasteiger partial charge in [-0.05, 0) is 44.2 Å². The molecule has 0 unspecified atom stereocenters. The molecule has 3 saturated heterocycles. The van der Waals surface area contributed by atoms with Crippen LogP contribution in [0.25, 0.3) is 0 Å². The summed E-state index contributed by atoms with van der Waals surface area (Å²) in [6.45, 7) is 10.3. The van der Waals surface area contributed by atoms with Gasteiger partial charge in [-0.1, -0.05) is 17.7 Å². The maximum Gasteiger partial charge on any atom is 0.127 e. The van der Waals surface area contributed by atoms with Crippen molar-refractivity contribution in [1.29, 1.82) is 0 Å². The first-order valence-electron chi connectivity index (χ1n) is 9.23. The molecule has 132 valence electrons. The van der Waals surface area contributed by atoms with Gasteiger partial charge in [0, 0.05) is 59.1 Å². The molecule has 0 aromatic carbocycles. The number of piperidine rings is 1. The molecule has 2 bridgehead atoms. The summed E-state index contributed by atoms with van der Waals surface area (Å²) in [5.74, 6) is 1.85. The fraction of sp³-hybridized carbons (Fsp3) is 0.650. The van der Waals surface area contributed by atoms with E-state index in [2.05, 4.69) is 51.7 Å². The zero-order chi connectivity index (χ0) is 17.1. The van der Waals surface area contributed by atoms with Crippen LogP contribution in [0.3, 0.4) is 0 Å². The lowest BCUT2D eigenvalue weighted by Gasteiger charge is -2.35. The zero-order valence-electron chi connectivity index (χ0n) is 15.7. The molecule has 1 aromatic rings. The molecule has 1 aromatic heterocycles.